The first-order chi connectivity index (χ1) is 12.8. The molecule has 0 unspecified atom stereocenters. The second kappa shape index (κ2) is 8.37. The van der Waals surface area contributed by atoms with E-state index in [1.165, 1.54) is 0 Å². The van der Waals surface area contributed by atoms with Crippen LogP contribution in [0.1, 0.15) is 43.0 Å². The molecule has 3 rings (SSSR count). The van der Waals surface area contributed by atoms with Gasteiger partial charge in [0, 0.05) is 31.0 Å². The molecule has 0 radical (unpaired) electrons. The minimum Gasteiger partial charge on any atom is -0.343 e. The molecule has 27 heavy (non-hydrogen) atoms. The predicted octanol–water partition coefficient (Wildman–Crippen LogP) is 2.07. The van der Waals surface area contributed by atoms with E-state index in [1.54, 1.807) is 36.1 Å². The molecule has 0 saturated carbocycles. The van der Waals surface area contributed by atoms with Crippen LogP contribution in [0.15, 0.2) is 28.8 Å². The number of nitrogens with one attached hydrogen (secondary N) is 1. The minimum absolute atomic E-state index is 0.0603. The maximum absolute atomic E-state index is 12.2. The van der Waals surface area contributed by atoms with Crippen molar-refractivity contribution in [1.29, 1.82) is 0 Å². The van der Waals surface area contributed by atoms with Crippen molar-refractivity contribution >= 4 is 27.5 Å². The van der Waals surface area contributed by atoms with Crippen LogP contribution in [0.2, 0.25) is 5.02 Å². The maximum Gasteiger partial charge on any atom is 0.241 e. The van der Waals surface area contributed by atoms with E-state index < -0.39 is 10.0 Å². The first-order valence-corrected chi connectivity index (χ1v) is 10.7. The van der Waals surface area contributed by atoms with Gasteiger partial charge in [-0.2, -0.15) is 4.98 Å². The summed E-state index contributed by atoms with van der Waals surface area (Å²) in [5, 5.41) is 4.52. The molecule has 2 aromatic rings. The molecule has 0 bridgehead atoms. The van der Waals surface area contributed by atoms with E-state index in [9.17, 15) is 13.2 Å². The lowest BCUT2D eigenvalue weighted by Gasteiger charge is -2.29. The van der Waals surface area contributed by atoms with Gasteiger partial charge in [-0.25, -0.2) is 13.1 Å². The number of sulfonamides is 1. The van der Waals surface area contributed by atoms with Crippen LogP contribution in [0, 0.1) is 0 Å². The van der Waals surface area contributed by atoms with Gasteiger partial charge in [0.25, 0.3) is 0 Å². The summed E-state index contributed by atoms with van der Waals surface area (Å²) in [6.45, 7) is 2.83. The van der Waals surface area contributed by atoms with Gasteiger partial charge < -0.3 is 9.42 Å². The Morgan fingerprint density at radius 2 is 1.96 bits per heavy atom. The third kappa shape index (κ3) is 5.50. The highest BCUT2D eigenvalue weighted by Crippen LogP contribution is 2.25. The Hall–Kier alpha value is -1.97. The third-order valence-electron chi connectivity index (χ3n) is 4.50. The molecule has 1 saturated heterocycles. The van der Waals surface area contributed by atoms with Crippen molar-refractivity contribution in [3.63, 3.8) is 0 Å². The van der Waals surface area contributed by atoms with E-state index in [-0.39, 0.29) is 30.0 Å². The third-order valence-corrected chi connectivity index (χ3v) is 6.05. The van der Waals surface area contributed by atoms with E-state index in [0.29, 0.717) is 29.5 Å². The standard InChI is InChI=1S/C17H21ClN4O4S/c1-12(23)22-8-6-14(7-9-22)17-20-16(26-21-17)10-19-27(24,25)11-13-2-4-15(18)5-3-13/h2-5,14,19H,6-11H2,1H3. The van der Waals surface area contributed by atoms with E-state index in [4.69, 9.17) is 16.1 Å². The number of amides is 1. The van der Waals surface area contributed by atoms with E-state index in [1.807, 2.05) is 0 Å². The molecule has 2 heterocycles. The van der Waals surface area contributed by atoms with Gasteiger partial charge in [-0.05, 0) is 30.5 Å². The summed E-state index contributed by atoms with van der Waals surface area (Å²) in [7, 11) is -3.54. The van der Waals surface area contributed by atoms with Crippen molar-refractivity contribution in [1.82, 2.24) is 19.8 Å². The number of carbonyl (C=O) groups excluding carboxylic acids is 1. The normalized spacial score (nSPS) is 15.9. The number of piperidine rings is 1. The molecule has 10 heteroatoms. The second-order valence-corrected chi connectivity index (χ2v) is 8.78. The van der Waals surface area contributed by atoms with Gasteiger partial charge in [0.2, 0.25) is 21.8 Å². The van der Waals surface area contributed by atoms with Gasteiger partial charge in [0.15, 0.2) is 5.82 Å². The van der Waals surface area contributed by atoms with Crippen molar-refractivity contribution in [3.8, 4) is 0 Å². The summed E-state index contributed by atoms with van der Waals surface area (Å²) in [5.41, 5.74) is 0.635. The summed E-state index contributed by atoms with van der Waals surface area (Å²) < 4.78 is 32.0. The molecule has 1 aliphatic rings. The van der Waals surface area contributed by atoms with Gasteiger partial charge in [0.1, 0.15) is 0 Å². The van der Waals surface area contributed by atoms with Crippen LogP contribution in [0.25, 0.3) is 0 Å². The van der Waals surface area contributed by atoms with Gasteiger partial charge in [-0.3, -0.25) is 4.79 Å². The van der Waals surface area contributed by atoms with Crippen LogP contribution in [0.3, 0.4) is 0 Å². The Morgan fingerprint density at radius 3 is 2.59 bits per heavy atom. The van der Waals surface area contributed by atoms with Crippen LogP contribution < -0.4 is 4.72 Å². The number of rotatable bonds is 6. The molecule has 8 nitrogen and oxygen atoms in total. The molecular formula is C17H21ClN4O4S. The zero-order valence-electron chi connectivity index (χ0n) is 14.9. The lowest BCUT2D eigenvalue weighted by molar-refractivity contribution is -0.129. The summed E-state index contributed by atoms with van der Waals surface area (Å²) in [4.78, 5) is 17.5. The number of nitrogens with zero attached hydrogens (tertiary/aromatic N) is 3. The minimum atomic E-state index is -3.54. The molecule has 1 aliphatic heterocycles. The fraction of sp³-hybridized carbons (Fsp3) is 0.471. The first-order valence-electron chi connectivity index (χ1n) is 8.62. The molecule has 1 amide bonds. The van der Waals surface area contributed by atoms with Crippen molar-refractivity contribution in [2.45, 2.75) is 38.0 Å². The average Bonchev–Trinajstić information content (AvgIpc) is 3.11. The maximum atomic E-state index is 12.2. The smallest absolute Gasteiger partial charge is 0.241 e. The largest absolute Gasteiger partial charge is 0.343 e. The molecule has 0 aliphatic carbocycles. The number of carbonyl (C=O) groups is 1. The Bertz CT molecular complexity index is 890. The molecule has 0 atom stereocenters. The molecule has 1 fully saturated rings. The van der Waals surface area contributed by atoms with Crippen molar-refractivity contribution < 1.29 is 17.7 Å². The molecule has 0 spiro atoms. The quantitative estimate of drug-likeness (QED) is 0.778. The molecular weight excluding hydrogens is 392 g/mol. The van der Waals surface area contributed by atoms with Crippen LogP contribution in [0.5, 0.6) is 0 Å². The fourth-order valence-electron chi connectivity index (χ4n) is 2.98. The number of halogens is 1. The zero-order chi connectivity index (χ0) is 19.4. The topological polar surface area (TPSA) is 105 Å². The summed E-state index contributed by atoms with van der Waals surface area (Å²) >= 11 is 5.80. The van der Waals surface area contributed by atoms with E-state index in [2.05, 4.69) is 14.9 Å². The van der Waals surface area contributed by atoms with Crippen LogP contribution in [-0.2, 0) is 27.1 Å². The van der Waals surface area contributed by atoms with E-state index >= 15 is 0 Å². The average molecular weight is 413 g/mol. The van der Waals surface area contributed by atoms with Crippen LogP contribution in [-0.4, -0.2) is 42.5 Å². The van der Waals surface area contributed by atoms with Gasteiger partial charge >= 0.3 is 0 Å². The van der Waals surface area contributed by atoms with Crippen molar-refractivity contribution in [2.24, 2.45) is 0 Å². The van der Waals surface area contributed by atoms with Crippen molar-refractivity contribution in [3.05, 3.63) is 46.6 Å². The molecule has 1 aromatic carbocycles. The Balaban J connectivity index is 1.53. The number of aromatic nitrogens is 2. The van der Waals surface area contributed by atoms with Gasteiger partial charge in [-0.1, -0.05) is 28.9 Å². The Kier molecular flexibility index (Phi) is 6.13. The number of likely N-dealkylation sites (tertiary alicyclic amines) is 1. The lowest BCUT2D eigenvalue weighted by Crippen LogP contribution is -2.36. The molecule has 1 aromatic heterocycles. The zero-order valence-corrected chi connectivity index (χ0v) is 16.5. The lowest BCUT2D eigenvalue weighted by atomic mass is 9.96. The molecule has 1 N–H and O–H groups in total. The number of hydrogen-bond donors (Lipinski definition) is 1. The van der Waals surface area contributed by atoms with Gasteiger partial charge in [0.05, 0.1) is 12.3 Å². The second-order valence-electron chi connectivity index (χ2n) is 6.53. The monoisotopic (exact) mass is 412 g/mol. The Labute approximate surface area is 162 Å². The van der Waals surface area contributed by atoms with Crippen LogP contribution in [0.4, 0.5) is 0 Å². The fourth-order valence-corrected chi connectivity index (χ4v) is 4.18. The Morgan fingerprint density at radius 1 is 1.30 bits per heavy atom. The first kappa shape index (κ1) is 19.8. The summed E-state index contributed by atoms with van der Waals surface area (Å²) in [6.07, 6.45) is 1.53. The van der Waals surface area contributed by atoms with Crippen LogP contribution >= 0.6 is 11.6 Å². The number of benzene rings is 1. The highest BCUT2D eigenvalue weighted by molar-refractivity contribution is 7.88. The highest BCUT2D eigenvalue weighted by Gasteiger charge is 2.25. The summed E-state index contributed by atoms with van der Waals surface area (Å²) in [6, 6.07) is 6.63. The number of hydrogen-bond acceptors (Lipinski definition) is 6. The summed E-state index contributed by atoms with van der Waals surface area (Å²) in [5.74, 6) is 0.805. The SMILES string of the molecule is CC(=O)N1CCC(c2noc(CNS(=O)(=O)Cc3ccc(Cl)cc3)n2)CC1. The van der Waals surface area contributed by atoms with E-state index in [0.717, 1.165) is 12.8 Å². The predicted molar refractivity (Wildman–Crippen MR) is 99.4 cm³/mol. The van der Waals surface area contributed by atoms with Gasteiger partial charge in [-0.15, -0.1) is 0 Å². The highest BCUT2D eigenvalue weighted by atomic mass is 35.5. The molecule has 146 valence electrons. The van der Waals surface area contributed by atoms with Crippen molar-refractivity contribution in [2.75, 3.05) is 13.1 Å².